The Morgan fingerprint density at radius 2 is 0.510 bits per heavy atom. The van der Waals surface area contributed by atoms with Crippen molar-refractivity contribution in [2.45, 2.75) is 303 Å². The van der Waals surface area contributed by atoms with Crippen molar-refractivity contribution in [3.8, 4) is 0 Å². The van der Waals surface area contributed by atoms with Gasteiger partial charge in [-0.25, -0.2) is 9.13 Å². The van der Waals surface area contributed by atoms with Crippen molar-refractivity contribution in [1.29, 1.82) is 0 Å². The predicted molar refractivity (Wildman–Crippen MR) is 426 cm³/mol. The Morgan fingerprint density at radius 3 is 0.798 bits per heavy atom. The van der Waals surface area contributed by atoms with Gasteiger partial charge in [-0.1, -0.05) is 288 Å². The lowest BCUT2D eigenvalue weighted by atomic mass is 10.0. The molecule has 0 bridgehead atoms. The minimum Gasteiger partial charge on any atom is -0.462 e. The molecule has 0 aromatic heterocycles. The monoisotopic (exact) mass is 1490 g/mol. The van der Waals surface area contributed by atoms with Crippen LogP contribution < -0.4 is 0 Å². The van der Waals surface area contributed by atoms with Gasteiger partial charge in [-0.15, -0.1) is 0 Å². The molecular weight excluding hydrogens is 1350 g/mol. The van der Waals surface area contributed by atoms with Gasteiger partial charge < -0.3 is 33.8 Å². The van der Waals surface area contributed by atoms with E-state index in [1.165, 1.54) is 51.4 Å². The molecule has 17 nitrogen and oxygen atoms in total. The van der Waals surface area contributed by atoms with Crippen LogP contribution in [0.3, 0.4) is 0 Å². The molecular formula is C85H138O17P2. The van der Waals surface area contributed by atoms with Gasteiger partial charge in [0.15, 0.2) is 12.2 Å². The molecule has 0 heterocycles. The van der Waals surface area contributed by atoms with Gasteiger partial charge >= 0.3 is 39.5 Å². The van der Waals surface area contributed by atoms with Crippen molar-refractivity contribution in [3.63, 3.8) is 0 Å². The van der Waals surface area contributed by atoms with Gasteiger partial charge in [-0.3, -0.25) is 37.3 Å². The maximum Gasteiger partial charge on any atom is 0.472 e. The Labute approximate surface area is 629 Å². The highest BCUT2D eigenvalue weighted by molar-refractivity contribution is 7.47. The third kappa shape index (κ3) is 74.7. The molecule has 0 saturated heterocycles. The minimum atomic E-state index is -5.01. The topological polar surface area (TPSA) is 237 Å². The number of unbranched alkanes of at least 4 members (excludes halogenated alkanes) is 18. The summed E-state index contributed by atoms with van der Waals surface area (Å²) in [6.07, 6.45) is 89.2. The lowest BCUT2D eigenvalue weighted by Gasteiger charge is -2.21. The molecule has 0 aromatic rings. The first-order chi connectivity index (χ1) is 50.7. The van der Waals surface area contributed by atoms with Crippen molar-refractivity contribution in [1.82, 2.24) is 0 Å². The highest BCUT2D eigenvalue weighted by Gasteiger charge is 2.30. The molecule has 0 saturated carbocycles. The van der Waals surface area contributed by atoms with E-state index in [0.29, 0.717) is 38.5 Å². The van der Waals surface area contributed by atoms with Crippen LogP contribution in [0.1, 0.15) is 285 Å². The molecule has 0 aromatic carbocycles. The van der Waals surface area contributed by atoms with Crippen molar-refractivity contribution >= 4 is 39.5 Å². The van der Waals surface area contributed by atoms with Gasteiger partial charge in [0, 0.05) is 25.7 Å². The largest absolute Gasteiger partial charge is 0.472 e. The number of esters is 4. The second-order valence-corrected chi connectivity index (χ2v) is 28.4. The number of phosphoric ester groups is 2. The molecule has 0 rings (SSSR count). The van der Waals surface area contributed by atoms with E-state index in [2.05, 4.69) is 174 Å². The highest BCUT2D eigenvalue weighted by atomic mass is 31.2. The molecule has 0 fully saturated rings. The first kappa shape index (κ1) is 98.4. The second-order valence-electron chi connectivity index (χ2n) is 25.5. The number of phosphoric acid groups is 2. The Kier molecular flexibility index (Phi) is 71.6. The molecule has 0 spiro atoms. The Balaban J connectivity index is 5.49. The third-order valence-electron chi connectivity index (χ3n) is 15.7. The predicted octanol–water partition coefficient (Wildman–Crippen LogP) is 23.0. The fourth-order valence-electron chi connectivity index (χ4n) is 9.81. The van der Waals surface area contributed by atoms with Crippen LogP contribution in [0, 0.1) is 0 Å². The number of aliphatic hydroxyl groups excluding tert-OH is 1. The molecule has 0 radical (unpaired) electrons. The first-order valence-electron chi connectivity index (χ1n) is 39.4. The summed E-state index contributed by atoms with van der Waals surface area (Å²) in [7, 11) is -10.0. The Bertz CT molecular complexity index is 2640. The summed E-state index contributed by atoms with van der Waals surface area (Å²) in [5.74, 6) is -2.35. The van der Waals surface area contributed by atoms with Gasteiger partial charge in [0.1, 0.15) is 19.3 Å². The molecule has 590 valence electrons. The molecule has 0 amide bonds. The van der Waals surface area contributed by atoms with Crippen molar-refractivity contribution < 1.29 is 80.2 Å². The second kappa shape index (κ2) is 75.6. The van der Waals surface area contributed by atoms with E-state index < -0.39 is 97.5 Å². The number of aliphatic hydroxyl groups is 1. The van der Waals surface area contributed by atoms with Gasteiger partial charge in [0.05, 0.1) is 26.4 Å². The lowest BCUT2D eigenvalue weighted by Crippen LogP contribution is -2.30. The fourth-order valence-corrected chi connectivity index (χ4v) is 11.4. The van der Waals surface area contributed by atoms with Crippen LogP contribution in [0.25, 0.3) is 0 Å². The molecule has 0 aliphatic carbocycles. The number of hydrogen-bond acceptors (Lipinski definition) is 15. The zero-order chi connectivity index (χ0) is 76.0. The summed E-state index contributed by atoms with van der Waals surface area (Å²) in [4.78, 5) is 73.0. The average Bonchev–Trinajstić information content (AvgIpc) is 0.910. The number of allylic oxidation sites excluding steroid dienone is 28. The van der Waals surface area contributed by atoms with Crippen LogP contribution >= 0.6 is 15.6 Å². The minimum absolute atomic E-state index is 0.0475. The van der Waals surface area contributed by atoms with E-state index in [1.54, 1.807) is 0 Å². The van der Waals surface area contributed by atoms with E-state index in [0.717, 1.165) is 141 Å². The van der Waals surface area contributed by atoms with E-state index in [9.17, 15) is 43.2 Å². The van der Waals surface area contributed by atoms with Crippen molar-refractivity contribution in [3.05, 3.63) is 170 Å². The molecule has 0 aliphatic heterocycles. The standard InChI is InChI=1S/C85H138O17P2/c1-5-9-13-17-21-25-29-33-36-39-42-46-49-53-57-61-65-69-82(87)95-75-80(101-84(89)71-67-63-59-55-51-45-32-28-24-20-16-12-8-4)77-99-103(91,92)97-73-79(86)74-98-104(93,94)100-78-81(102-85(90)72-68-64-60-56-52-48-44-41-38-35-31-27-23-19-15-11-7-3)76-96-83(88)70-66-62-58-54-50-47-43-40-37-34-30-26-22-18-14-10-6-2/h9-11,13-15,21-23,25-27,33-38,42-44,46-48,53-54,57-58,79-81,86H,5-8,12,16-20,24,28-32,39-41,45,49-52,55-56,59-78H2,1-4H3,(H,91,92)(H,93,94)/b13-9-,14-10-,15-11-,25-21-,26-22-,27-23-,36-33-,37-34-,38-35-,46-42-,47-43-,48-44-,57-53-,58-54-. The smallest absolute Gasteiger partial charge is 0.462 e. The van der Waals surface area contributed by atoms with Gasteiger partial charge in [0.25, 0.3) is 0 Å². The fraction of sp³-hybridized carbons (Fsp3) is 0.624. The van der Waals surface area contributed by atoms with Crippen LogP contribution in [-0.4, -0.2) is 96.7 Å². The molecule has 3 N–H and O–H groups in total. The summed E-state index contributed by atoms with van der Waals surface area (Å²) in [6, 6.07) is 0. The lowest BCUT2D eigenvalue weighted by molar-refractivity contribution is -0.161. The summed E-state index contributed by atoms with van der Waals surface area (Å²) >= 11 is 0. The number of ether oxygens (including phenoxy) is 4. The number of hydrogen-bond donors (Lipinski definition) is 3. The van der Waals surface area contributed by atoms with Gasteiger partial charge in [-0.05, 0) is 141 Å². The van der Waals surface area contributed by atoms with Crippen molar-refractivity contribution in [2.24, 2.45) is 0 Å². The maximum atomic E-state index is 13.1. The van der Waals surface area contributed by atoms with Crippen molar-refractivity contribution in [2.75, 3.05) is 39.6 Å². The quantitative estimate of drug-likeness (QED) is 0.0169. The van der Waals surface area contributed by atoms with E-state index in [1.807, 2.05) is 24.3 Å². The van der Waals surface area contributed by atoms with E-state index in [-0.39, 0.29) is 25.7 Å². The van der Waals surface area contributed by atoms with Crippen LogP contribution in [-0.2, 0) is 65.4 Å². The third-order valence-corrected chi connectivity index (χ3v) is 17.6. The van der Waals surface area contributed by atoms with E-state index >= 15 is 0 Å². The SMILES string of the molecule is CC/C=C\C/C=C\C/C=C\C/C=C\C/C=C\CCCC(=O)OCC(COP(=O)(O)OCC(O)COP(=O)(O)OCC(COC(=O)CCC/C=C\C/C=C\C/C=C\C/C=C\C/C=C\CC)OC(=O)CCCCCCCCCCCCCCC)OC(=O)CCCCCC/C=C\C/C=C\C/C=C\C/C=C\CC. The maximum absolute atomic E-state index is 13.1. The van der Waals surface area contributed by atoms with Crippen LogP contribution in [0.15, 0.2) is 170 Å². The molecule has 19 heteroatoms. The highest BCUT2D eigenvalue weighted by Crippen LogP contribution is 2.45. The molecule has 0 aliphatic rings. The first-order valence-corrected chi connectivity index (χ1v) is 42.4. The molecule has 5 unspecified atom stereocenters. The number of carbonyl (C=O) groups is 4. The Morgan fingerprint density at radius 1 is 0.279 bits per heavy atom. The van der Waals surface area contributed by atoms with Gasteiger partial charge in [0.2, 0.25) is 0 Å². The summed E-state index contributed by atoms with van der Waals surface area (Å²) in [5, 5.41) is 10.6. The van der Waals surface area contributed by atoms with Crippen LogP contribution in [0.2, 0.25) is 0 Å². The molecule has 104 heavy (non-hydrogen) atoms. The summed E-state index contributed by atoms with van der Waals surface area (Å²) in [6.45, 7) is 4.36. The zero-order valence-electron chi connectivity index (χ0n) is 64.4. The zero-order valence-corrected chi connectivity index (χ0v) is 66.2. The van der Waals surface area contributed by atoms with Crippen LogP contribution in [0.5, 0.6) is 0 Å². The summed E-state index contributed by atoms with van der Waals surface area (Å²) < 4.78 is 68.4. The summed E-state index contributed by atoms with van der Waals surface area (Å²) in [5.41, 5.74) is 0. The van der Waals surface area contributed by atoms with Gasteiger partial charge in [-0.2, -0.15) is 0 Å². The number of carbonyl (C=O) groups excluding carboxylic acids is 4. The normalized spacial score (nSPS) is 14.8. The number of rotatable bonds is 72. The Hall–Kier alpha value is -5.58. The molecule has 5 atom stereocenters. The van der Waals surface area contributed by atoms with E-state index in [4.69, 9.17) is 37.0 Å². The van der Waals surface area contributed by atoms with Crippen LogP contribution in [0.4, 0.5) is 0 Å². The average molecular weight is 1490 g/mol.